The number of benzene rings is 1. The molecule has 6 heteroatoms. The first-order valence-electron chi connectivity index (χ1n) is 9.30. The molecule has 1 aromatic carbocycles. The highest BCUT2D eigenvalue weighted by atomic mass is 16.1. The largest absolute Gasteiger partial charge is 0.339 e. The van der Waals surface area contributed by atoms with Crippen molar-refractivity contribution in [3.8, 4) is 0 Å². The Balaban J connectivity index is 1.44. The summed E-state index contributed by atoms with van der Waals surface area (Å²) in [5.74, 6) is 1.48. The van der Waals surface area contributed by atoms with Crippen LogP contribution in [0.1, 0.15) is 25.3 Å². The molecule has 5 rings (SSSR count). The van der Waals surface area contributed by atoms with E-state index >= 15 is 0 Å². The van der Waals surface area contributed by atoms with E-state index in [1.54, 1.807) is 0 Å². The van der Waals surface area contributed by atoms with Crippen molar-refractivity contribution in [1.29, 1.82) is 0 Å². The fourth-order valence-corrected chi connectivity index (χ4v) is 4.12. The summed E-state index contributed by atoms with van der Waals surface area (Å²) in [6, 6.07) is 10.6. The summed E-state index contributed by atoms with van der Waals surface area (Å²) in [4.78, 5) is 25.0. The number of anilines is 2. The van der Waals surface area contributed by atoms with Gasteiger partial charge < -0.3 is 10.2 Å². The Morgan fingerprint density at radius 1 is 1.12 bits per heavy atom. The predicted octanol–water partition coefficient (Wildman–Crippen LogP) is 2.54. The van der Waals surface area contributed by atoms with Crippen molar-refractivity contribution in [2.45, 2.75) is 32.4 Å². The van der Waals surface area contributed by atoms with Crippen molar-refractivity contribution in [1.82, 2.24) is 14.9 Å². The fourth-order valence-electron chi connectivity index (χ4n) is 4.12. The van der Waals surface area contributed by atoms with Gasteiger partial charge in [-0.3, -0.25) is 9.69 Å². The number of nitrogens with zero attached hydrogens (tertiary/aromatic N) is 4. The van der Waals surface area contributed by atoms with E-state index in [2.05, 4.69) is 37.2 Å². The van der Waals surface area contributed by atoms with Crippen LogP contribution in [-0.2, 0) is 11.3 Å². The van der Waals surface area contributed by atoms with Crippen LogP contribution in [0.2, 0.25) is 0 Å². The summed E-state index contributed by atoms with van der Waals surface area (Å²) >= 11 is 0. The van der Waals surface area contributed by atoms with Gasteiger partial charge in [-0.2, -0.15) is 0 Å². The van der Waals surface area contributed by atoms with Crippen molar-refractivity contribution in [3.63, 3.8) is 0 Å². The van der Waals surface area contributed by atoms with Crippen LogP contribution in [0, 0.1) is 5.92 Å². The van der Waals surface area contributed by atoms with Gasteiger partial charge in [-0.1, -0.05) is 12.1 Å². The Morgan fingerprint density at radius 3 is 2.62 bits per heavy atom. The number of piperidine rings is 1. The number of nitrogens with one attached hydrogen (secondary N) is 1. The molecule has 26 heavy (non-hydrogen) atoms. The molecule has 3 fully saturated rings. The lowest BCUT2D eigenvalue weighted by Crippen LogP contribution is -2.43. The minimum atomic E-state index is -0.0363. The third-order valence-corrected chi connectivity index (χ3v) is 5.32. The zero-order chi connectivity index (χ0) is 17.9. The summed E-state index contributed by atoms with van der Waals surface area (Å²) in [6.07, 6.45) is 6.16. The maximum atomic E-state index is 11.2. The molecule has 0 aliphatic carbocycles. The van der Waals surface area contributed by atoms with Gasteiger partial charge in [-0.05, 0) is 42.5 Å². The Labute approximate surface area is 154 Å². The molecule has 1 N–H and O–H groups in total. The second-order valence-electron chi connectivity index (χ2n) is 7.36. The van der Waals surface area contributed by atoms with E-state index in [-0.39, 0.29) is 5.91 Å². The number of amides is 1. The molecule has 0 radical (unpaired) electrons. The van der Waals surface area contributed by atoms with Crippen LogP contribution in [0.25, 0.3) is 0 Å². The third kappa shape index (κ3) is 3.85. The Bertz CT molecular complexity index is 749. The average molecular weight is 351 g/mol. The minimum absolute atomic E-state index is 0.0363. The predicted molar refractivity (Wildman–Crippen MR) is 102 cm³/mol. The van der Waals surface area contributed by atoms with Crippen molar-refractivity contribution in [2.24, 2.45) is 5.92 Å². The number of fused-ring (bicyclic) bond motifs is 4. The molecule has 2 aromatic rings. The van der Waals surface area contributed by atoms with E-state index in [1.807, 2.05) is 30.6 Å². The Morgan fingerprint density at radius 2 is 1.88 bits per heavy atom. The Hall–Kier alpha value is -2.47. The highest BCUT2D eigenvalue weighted by molar-refractivity contribution is 5.88. The van der Waals surface area contributed by atoms with Crippen LogP contribution in [0.15, 0.2) is 42.7 Å². The summed E-state index contributed by atoms with van der Waals surface area (Å²) in [7, 11) is 0. The molecule has 1 aromatic heterocycles. The van der Waals surface area contributed by atoms with Gasteiger partial charge in [0.15, 0.2) is 0 Å². The lowest BCUT2D eigenvalue weighted by Gasteiger charge is -2.36. The number of hydrogen-bond acceptors (Lipinski definition) is 5. The van der Waals surface area contributed by atoms with Crippen molar-refractivity contribution >= 4 is 17.5 Å². The van der Waals surface area contributed by atoms with Crippen LogP contribution in [0.5, 0.6) is 0 Å². The quantitative estimate of drug-likeness (QED) is 0.917. The fraction of sp³-hybridized carbons (Fsp3) is 0.450. The Kier molecular flexibility index (Phi) is 4.84. The zero-order valence-electron chi connectivity index (χ0n) is 15.1. The molecule has 136 valence electrons. The van der Waals surface area contributed by atoms with E-state index in [9.17, 15) is 4.79 Å². The van der Waals surface area contributed by atoms with Crippen LogP contribution >= 0.6 is 0 Å². The van der Waals surface area contributed by atoms with E-state index in [4.69, 9.17) is 0 Å². The zero-order valence-corrected chi connectivity index (χ0v) is 15.1. The van der Waals surface area contributed by atoms with Crippen molar-refractivity contribution in [2.75, 3.05) is 29.9 Å². The molecule has 1 amide bonds. The molecule has 0 spiro atoms. The summed E-state index contributed by atoms with van der Waals surface area (Å²) in [5.41, 5.74) is 2.14. The maximum absolute atomic E-state index is 11.2. The number of rotatable bonds is 4. The molecule has 3 aliphatic heterocycles. The monoisotopic (exact) mass is 351 g/mol. The summed E-state index contributed by atoms with van der Waals surface area (Å²) in [6.45, 7) is 5.64. The summed E-state index contributed by atoms with van der Waals surface area (Å²) in [5, 5.41) is 2.82. The average Bonchev–Trinajstić information content (AvgIpc) is 2.96. The number of carbonyl (C=O) groups excluding carboxylic acids is 1. The molecule has 4 heterocycles. The van der Waals surface area contributed by atoms with Gasteiger partial charge in [0.2, 0.25) is 11.9 Å². The second kappa shape index (κ2) is 7.41. The number of aromatic nitrogens is 2. The highest BCUT2D eigenvalue weighted by Crippen LogP contribution is 2.30. The van der Waals surface area contributed by atoms with Gasteiger partial charge >= 0.3 is 0 Å². The van der Waals surface area contributed by atoms with Gasteiger partial charge in [0.1, 0.15) is 0 Å². The maximum Gasteiger partial charge on any atom is 0.225 e. The van der Waals surface area contributed by atoms with Gasteiger partial charge in [0.25, 0.3) is 0 Å². The molecule has 2 bridgehead atoms. The molecule has 3 aliphatic rings. The molecule has 0 saturated carbocycles. The highest BCUT2D eigenvalue weighted by Gasteiger charge is 2.35. The normalized spacial score (nSPS) is 22.9. The van der Waals surface area contributed by atoms with Crippen LogP contribution in [0.4, 0.5) is 11.6 Å². The lowest BCUT2D eigenvalue weighted by molar-refractivity contribution is -0.114. The molecule has 2 atom stereocenters. The second-order valence-corrected chi connectivity index (χ2v) is 7.36. The molecule has 0 unspecified atom stereocenters. The first kappa shape index (κ1) is 17.0. The van der Waals surface area contributed by atoms with E-state index in [0.29, 0.717) is 12.0 Å². The first-order valence-corrected chi connectivity index (χ1v) is 9.30. The van der Waals surface area contributed by atoms with Gasteiger partial charge in [-0.25, -0.2) is 9.97 Å². The third-order valence-electron chi connectivity index (χ3n) is 5.32. The van der Waals surface area contributed by atoms with E-state index in [0.717, 1.165) is 37.8 Å². The van der Waals surface area contributed by atoms with Crippen LogP contribution in [0.3, 0.4) is 0 Å². The summed E-state index contributed by atoms with van der Waals surface area (Å²) < 4.78 is 0. The molecule has 6 nitrogen and oxygen atoms in total. The lowest BCUT2D eigenvalue weighted by atomic mass is 9.94. The smallest absolute Gasteiger partial charge is 0.225 e. The molecular formula is C20H25N5O. The molecule has 3 saturated heterocycles. The van der Waals surface area contributed by atoms with Crippen molar-refractivity contribution in [3.05, 3.63) is 48.3 Å². The molecular weight excluding hydrogens is 326 g/mol. The van der Waals surface area contributed by atoms with Gasteiger partial charge in [0.05, 0.1) is 0 Å². The SMILES string of the molecule is CC(=O)Nc1ccc(CN2C[C@H]3CC[C@@H]2CN(c2ncccn2)C3)cc1. The van der Waals surface area contributed by atoms with Crippen LogP contribution in [-0.4, -0.2) is 46.5 Å². The van der Waals surface area contributed by atoms with E-state index < -0.39 is 0 Å². The standard InChI is InChI=1S/C20H25N5O/c1-15(26)23-18-6-3-16(4-7-18)11-24-12-17-5-8-19(24)14-25(13-17)20-21-9-2-10-22-20/h2-4,6-7,9-10,17,19H,5,8,11-14H2,1H3,(H,23,26)/t17-,19-/m1/s1. The minimum Gasteiger partial charge on any atom is -0.339 e. The number of carbonyl (C=O) groups is 1. The van der Waals surface area contributed by atoms with Crippen molar-refractivity contribution < 1.29 is 4.79 Å². The first-order chi connectivity index (χ1) is 12.7. The van der Waals surface area contributed by atoms with Crippen LogP contribution < -0.4 is 10.2 Å². The van der Waals surface area contributed by atoms with Gasteiger partial charge in [0, 0.05) is 57.2 Å². The van der Waals surface area contributed by atoms with Gasteiger partial charge in [-0.15, -0.1) is 0 Å². The number of hydrogen-bond donors (Lipinski definition) is 1. The topological polar surface area (TPSA) is 61.4 Å². The van der Waals surface area contributed by atoms with E-state index in [1.165, 1.54) is 25.3 Å².